The van der Waals surface area contributed by atoms with E-state index in [0.717, 1.165) is 23.5 Å². The molecule has 1 aliphatic heterocycles. The Labute approximate surface area is 145 Å². The minimum absolute atomic E-state index is 0.0323. The summed E-state index contributed by atoms with van der Waals surface area (Å²) in [6, 6.07) is 14.8. The lowest BCUT2D eigenvalue weighted by Gasteiger charge is -2.29. The number of para-hydroxylation sites is 2. The number of nitrogens with one attached hydrogen (secondary N) is 1. The molecule has 0 fully saturated rings. The molecular weight excluding hydrogens is 326 g/mol. The average molecular weight is 342 g/mol. The first kappa shape index (κ1) is 16.2. The van der Waals surface area contributed by atoms with E-state index in [-0.39, 0.29) is 12.5 Å². The van der Waals surface area contributed by atoms with E-state index in [4.69, 9.17) is 21.6 Å². The van der Waals surface area contributed by atoms with Gasteiger partial charge in [0.05, 0.1) is 16.3 Å². The molecular formula is C18H16ClN3O2. The largest absolute Gasteiger partial charge is 0.482 e. The Balaban J connectivity index is 1.56. The van der Waals surface area contributed by atoms with Crippen LogP contribution in [0.2, 0.25) is 5.02 Å². The summed E-state index contributed by atoms with van der Waals surface area (Å²) < 4.78 is 5.43. The van der Waals surface area contributed by atoms with Crippen LogP contribution in [0.5, 0.6) is 5.75 Å². The summed E-state index contributed by atoms with van der Waals surface area (Å²) in [7, 11) is 0. The maximum atomic E-state index is 12.1. The number of nitriles is 1. The monoisotopic (exact) mass is 341 g/mol. The fourth-order valence-electron chi connectivity index (χ4n) is 2.58. The summed E-state index contributed by atoms with van der Waals surface area (Å²) >= 11 is 6.01. The van der Waals surface area contributed by atoms with Gasteiger partial charge in [-0.25, -0.2) is 0 Å². The van der Waals surface area contributed by atoms with Gasteiger partial charge in [-0.1, -0.05) is 23.7 Å². The number of rotatable bonds is 5. The van der Waals surface area contributed by atoms with Gasteiger partial charge in [0.25, 0.3) is 5.91 Å². The fourth-order valence-corrected chi connectivity index (χ4v) is 2.81. The predicted molar refractivity (Wildman–Crippen MR) is 93.6 cm³/mol. The van der Waals surface area contributed by atoms with E-state index in [0.29, 0.717) is 23.7 Å². The first-order valence-corrected chi connectivity index (χ1v) is 8.02. The standard InChI is InChI=1S/C18H16ClN3O2/c19-15-10-14(7-6-13(15)11-20)21-8-3-9-22-16-4-1-2-5-17(16)24-12-18(22)23/h1-2,4-7,10,21H,3,8-9,12H2. The molecule has 24 heavy (non-hydrogen) atoms. The average Bonchev–Trinajstić information content (AvgIpc) is 2.60. The van der Waals surface area contributed by atoms with Gasteiger partial charge >= 0.3 is 0 Å². The number of carbonyl (C=O) groups excluding carboxylic acids is 1. The van der Waals surface area contributed by atoms with Crippen molar-refractivity contribution < 1.29 is 9.53 Å². The van der Waals surface area contributed by atoms with Crippen molar-refractivity contribution in [1.82, 2.24) is 0 Å². The molecule has 1 N–H and O–H groups in total. The van der Waals surface area contributed by atoms with Gasteiger partial charge in [-0.3, -0.25) is 4.79 Å². The van der Waals surface area contributed by atoms with E-state index in [2.05, 4.69) is 5.32 Å². The molecule has 0 radical (unpaired) electrons. The van der Waals surface area contributed by atoms with Crippen LogP contribution in [-0.4, -0.2) is 25.6 Å². The molecule has 3 rings (SSSR count). The first-order chi connectivity index (χ1) is 11.7. The van der Waals surface area contributed by atoms with Gasteiger partial charge in [0.1, 0.15) is 11.8 Å². The van der Waals surface area contributed by atoms with Crippen LogP contribution in [0.25, 0.3) is 0 Å². The van der Waals surface area contributed by atoms with E-state index in [1.807, 2.05) is 36.4 Å². The molecule has 2 aromatic rings. The zero-order chi connectivity index (χ0) is 16.9. The minimum Gasteiger partial charge on any atom is -0.482 e. The van der Waals surface area contributed by atoms with Crippen LogP contribution in [0, 0.1) is 11.3 Å². The third-order valence-electron chi connectivity index (χ3n) is 3.79. The summed E-state index contributed by atoms with van der Waals surface area (Å²) in [5.74, 6) is 0.707. The van der Waals surface area contributed by atoms with E-state index in [1.54, 1.807) is 17.0 Å². The van der Waals surface area contributed by atoms with Crippen molar-refractivity contribution >= 4 is 28.9 Å². The second-order valence-electron chi connectivity index (χ2n) is 5.39. The van der Waals surface area contributed by atoms with Crippen molar-refractivity contribution in [3.63, 3.8) is 0 Å². The number of fused-ring (bicyclic) bond motifs is 1. The van der Waals surface area contributed by atoms with Crippen molar-refractivity contribution in [2.24, 2.45) is 0 Å². The molecule has 5 nitrogen and oxygen atoms in total. The van der Waals surface area contributed by atoms with E-state index < -0.39 is 0 Å². The highest BCUT2D eigenvalue weighted by Gasteiger charge is 2.24. The van der Waals surface area contributed by atoms with Crippen LogP contribution < -0.4 is 15.0 Å². The van der Waals surface area contributed by atoms with Crippen LogP contribution in [0.1, 0.15) is 12.0 Å². The van der Waals surface area contributed by atoms with Gasteiger partial charge in [0.15, 0.2) is 6.61 Å². The fraction of sp³-hybridized carbons (Fsp3) is 0.222. The SMILES string of the molecule is N#Cc1ccc(NCCCN2C(=O)COc3ccccc32)cc1Cl. The molecule has 0 saturated carbocycles. The second kappa shape index (κ2) is 7.24. The number of nitrogens with zero attached hydrogens (tertiary/aromatic N) is 2. The van der Waals surface area contributed by atoms with Crippen LogP contribution in [0.15, 0.2) is 42.5 Å². The highest BCUT2D eigenvalue weighted by Crippen LogP contribution is 2.31. The van der Waals surface area contributed by atoms with Crippen molar-refractivity contribution in [2.75, 3.05) is 29.9 Å². The number of ether oxygens (including phenoxy) is 1. The minimum atomic E-state index is -0.0323. The zero-order valence-corrected chi connectivity index (χ0v) is 13.7. The van der Waals surface area contributed by atoms with Crippen LogP contribution in [0.3, 0.4) is 0 Å². The lowest BCUT2D eigenvalue weighted by atomic mass is 10.2. The molecule has 0 spiro atoms. The number of hydrogen-bond acceptors (Lipinski definition) is 4. The maximum absolute atomic E-state index is 12.1. The molecule has 1 aliphatic rings. The molecule has 2 aromatic carbocycles. The summed E-state index contributed by atoms with van der Waals surface area (Å²) in [4.78, 5) is 13.8. The van der Waals surface area contributed by atoms with Crippen molar-refractivity contribution in [2.45, 2.75) is 6.42 Å². The molecule has 0 bridgehead atoms. The number of halogens is 1. The first-order valence-electron chi connectivity index (χ1n) is 7.65. The number of carbonyl (C=O) groups is 1. The van der Waals surface area contributed by atoms with Crippen LogP contribution >= 0.6 is 11.6 Å². The third-order valence-corrected chi connectivity index (χ3v) is 4.10. The lowest BCUT2D eigenvalue weighted by Crippen LogP contribution is -2.39. The summed E-state index contributed by atoms with van der Waals surface area (Å²) in [5.41, 5.74) is 2.13. The van der Waals surface area contributed by atoms with Gasteiger partial charge in [-0.05, 0) is 36.8 Å². The van der Waals surface area contributed by atoms with Gasteiger partial charge in [-0.15, -0.1) is 0 Å². The Kier molecular flexibility index (Phi) is 4.88. The second-order valence-corrected chi connectivity index (χ2v) is 5.80. The van der Waals surface area contributed by atoms with Crippen molar-refractivity contribution in [1.29, 1.82) is 5.26 Å². The van der Waals surface area contributed by atoms with Crippen LogP contribution in [-0.2, 0) is 4.79 Å². The highest BCUT2D eigenvalue weighted by molar-refractivity contribution is 6.32. The molecule has 0 aromatic heterocycles. The third kappa shape index (κ3) is 3.44. The Morgan fingerprint density at radius 3 is 2.92 bits per heavy atom. The van der Waals surface area contributed by atoms with Gasteiger partial charge in [0.2, 0.25) is 0 Å². The Morgan fingerprint density at radius 2 is 2.12 bits per heavy atom. The Morgan fingerprint density at radius 1 is 1.29 bits per heavy atom. The molecule has 0 unspecified atom stereocenters. The molecule has 0 aliphatic carbocycles. The summed E-state index contributed by atoms with van der Waals surface area (Å²) in [6.45, 7) is 1.38. The van der Waals surface area contributed by atoms with Gasteiger partial charge in [0, 0.05) is 18.8 Å². The molecule has 1 amide bonds. The number of amides is 1. The summed E-state index contributed by atoms with van der Waals surface area (Å²) in [6.07, 6.45) is 0.775. The van der Waals surface area contributed by atoms with Gasteiger partial charge in [-0.2, -0.15) is 5.26 Å². The lowest BCUT2D eigenvalue weighted by molar-refractivity contribution is -0.121. The van der Waals surface area contributed by atoms with Gasteiger partial charge < -0.3 is 15.0 Å². The normalized spacial score (nSPS) is 13.0. The smallest absolute Gasteiger partial charge is 0.265 e. The molecule has 1 heterocycles. The maximum Gasteiger partial charge on any atom is 0.265 e. The van der Waals surface area contributed by atoms with E-state index in [1.165, 1.54) is 0 Å². The van der Waals surface area contributed by atoms with E-state index in [9.17, 15) is 4.79 Å². The molecule has 0 saturated heterocycles. The number of hydrogen-bond donors (Lipinski definition) is 1. The Hall–Kier alpha value is -2.71. The zero-order valence-electron chi connectivity index (χ0n) is 13.0. The van der Waals surface area contributed by atoms with Crippen molar-refractivity contribution in [3.8, 4) is 11.8 Å². The highest BCUT2D eigenvalue weighted by atomic mass is 35.5. The van der Waals surface area contributed by atoms with Crippen molar-refractivity contribution in [3.05, 3.63) is 53.1 Å². The molecule has 6 heteroatoms. The molecule has 122 valence electrons. The predicted octanol–water partition coefficient (Wildman–Crippen LogP) is 3.44. The van der Waals surface area contributed by atoms with Crippen LogP contribution in [0.4, 0.5) is 11.4 Å². The molecule has 0 atom stereocenters. The number of benzene rings is 2. The van der Waals surface area contributed by atoms with E-state index >= 15 is 0 Å². The quantitative estimate of drug-likeness (QED) is 0.846. The Bertz CT molecular complexity index is 801. The summed E-state index contributed by atoms with van der Waals surface area (Å²) in [5, 5.41) is 12.6. The topological polar surface area (TPSA) is 65.4 Å². The number of anilines is 2.